The second kappa shape index (κ2) is 13.7. The van der Waals surface area contributed by atoms with E-state index in [9.17, 15) is 18.0 Å². The number of methoxy groups -OCH3 is 2. The highest BCUT2D eigenvalue weighted by molar-refractivity contribution is 9.10. The number of carbonyl (C=O) groups is 2. The van der Waals surface area contributed by atoms with Gasteiger partial charge in [0.15, 0.2) is 11.5 Å². The number of ether oxygens (including phenoxy) is 2. The molecule has 0 fully saturated rings. The van der Waals surface area contributed by atoms with Gasteiger partial charge in [-0.15, -0.1) is 0 Å². The van der Waals surface area contributed by atoms with Crippen molar-refractivity contribution in [3.63, 3.8) is 0 Å². The maximum absolute atomic E-state index is 14.0. The van der Waals surface area contributed by atoms with Crippen molar-refractivity contribution in [2.45, 2.75) is 44.3 Å². The second-order valence-corrected chi connectivity index (χ2v) is 12.1. The zero-order chi connectivity index (χ0) is 29.4. The summed E-state index contributed by atoms with van der Waals surface area (Å²) in [7, 11) is -1.37. The normalized spacial score (nSPS) is 12.0. The Morgan fingerprint density at radius 1 is 0.900 bits per heavy atom. The van der Waals surface area contributed by atoms with Crippen LogP contribution in [-0.4, -0.2) is 58.0 Å². The summed E-state index contributed by atoms with van der Waals surface area (Å²) in [6.45, 7) is 4.87. The number of para-hydroxylation sites is 1. The molecule has 40 heavy (non-hydrogen) atoms. The first-order valence-electron chi connectivity index (χ1n) is 12.6. The molecule has 0 aromatic heterocycles. The van der Waals surface area contributed by atoms with Crippen LogP contribution in [0.25, 0.3) is 0 Å². The van der Waals surface area contributed by atoms with Gasteiger partial charge in [-0.25, -0.2) is 8.42 Å². The average Bonchev–Trinajstić information content (AvgIpc) is 2.94. The van der Waals surface area contributed by atoms with Crippen molar-refractivity contribution in [3.8, 4) is 11.5 Å². The van der Waals surface area contributed by atoms with Crippen LogP contribution in [-0.2, 0) is 26.2 Å². The number of rotatable bonds is 12. The Bertz CT molecular complexity index is 1420. The molecule has 3 rings (SSSR count). The molecule has 0 radical (unpaired) electrons. The van der Waals surface area contributed by atoms with Crippen LogP contribution >= 0.6 is 15.9 Å². The van der Waals surface area contributed by atoms with Gasteiger partial charge in [0.1, 0.15) is 12.6 Å². The predicted molar refractivity (Wildman–Crippen MR) is 158 cm³/mol. The van der Waals surface area contributed by atoms with Crippen molar-refractivity contribution < 1.29 is 27.5 Å². The Balaban J connectivity index is 2.04. The van der Waals surface area contributed by atoms with Crippen LogP contribution in [0, 0.1) is 0 Å². The van der Waals surface area contributed by atoms with E-state index in [4.69, 9.17) is 9.47 Å². The van der Waals surface area contributed by atoms with E-state index in [2.05, 4.69) is 21.2 Å². The number of sulfonamides is 1. The van der Waals surface area contributed by atoms with Crippen LogP contribution in [0.1, 0.15) is 26.3 Å². The van der Waals surface area contributed by atoms with Crippen LogP contribution < -0.4 is 19.1 Å². The summed E-state index contributed by atoms with van der Waals surface area (Å²) in [5, 5.41) is 2.84. The molecule has 3 aromatic rings. The Kier molecular flexibility index (Phi) is 10.6. The minimum atomic E-state index is -4.24. The lowest BCUT2D eigenvalue weighted by molar-refractivity contribution is -0.139. The van der Waals surface area contributed by atoms with Crippen molar-refractivity contribution in [2.24, 2.45) is 0 Å². The molecule has 0 aliphatic carbocycles. The molecule has 0 spiro atoms. The summed E-state index contributed by atoms with van der Waals surface area (Å²) in [4.78, 5) is 28.2. The molecule has 0 aliphatic rings. The van der Waals surface area contributed by atoms with Crippen molar-refractivity contribution in [1.29, 1.82) is 0 Å². The van der Waals surface area contributed by atoms with E-state index in [1.807, 2.05) is 38.1 Å². The molecule has 1 atom stereocenters. The summed E-state index contributed by atoms with van der Waals surface area (Å²) < 4.78 is 40.4. The molecule has 1 N–H and O–H groups in total. The smallest absolute Gasteiger partial charge is 0.264 e. The number of amides is 2. The van der Waals surface area contributed by atoms with Gasteiger partial charge < -0.3 is 19.7 Å². The highest BCUT2D eigenvalue weighted by atomic mass is 79.9. The van der Waals surface area contributed by atoms with Crippen LogP contribution in [0.3, 0.4) is 0 Å². The molecule has 0 unspecified atom stereocenters. The lowest BCUT2D eigenvalue weighted by Gasteiger charge is -2.32. The van der Waals surface area contributed by atoms with Gasteiger partial charge in [0.05, 0.1) is 24.8 Å². The number of anilines is 1. The van der Waals surface area contributed by atoms with Gasteiger partial charge in [-0.1, -0.05) is 46.3 Å². The van der Waals surface area contributed by atoms with E-state index in [1.54, 1.807) is 37.3 Å². The fourth-order valence-electron chi connectivity index (χ4n) is 4.00. The van der Waals surface area contributed by atoms with E-state index in [-0.39, 0.29) is 29.1 Å². The largest absolute Gasteiger partial charge is 0.493 e. The van der Waals surface area contributed by atoms with E-state index in [0.717, 1.165) is 14.3 Å². The fraction of sp³-hybridized carbons (Fsp3) is 0.310. The maximum Gasteiger partial charge on any atom is 0.264 e. The minimum absolute atomic E-state index is 0.0770. The zero-order valence-electron chi connectivity index (χ0n) is 23.1. The standard InChI is InChI=1S/C29H34BrN3O6S/c1-20(2)31-29(35)21(3)32(18-22-11-13-23(30)14-12-22)28(34)19-33(24-9-7-6-8-10-24)40(36,37)25-15-16-26(38-4)27(17-25)39-5/h6-17,20-21H,18-19H2,1-5H3,(H,31,35)/t21-/m0/s1. The Morgan fingerprint density at radius 2 is 1.52 bits per heavy atom. The van der Waals surface area contributed by atoms with Crippen molar-refractivity contribution in [2.75, 3.05) is 25.1 Å². The third-order valence-electron chi connectivity index (χ3n) is 6.13. The quantitative estimate of drug-likeness (QED) is 0.313. The zero-order valence-corrected chi connectivity index (χ0v) is 25.5. The number of halogens is 1. The molecule has 0 saturated carbocycles. The molecule has 9 nitrogen and oxygen atoms in total. The van der Waals surface area contributed by atoms with Crippen LogP contribution in [0.2, 0.25) is 0 Å². The Hall–Kier alpha value is -3.57. The summed E-state index contributed by atoms with van der Waals surface area (Å²) >= 11 is 3.41. The van der Waals surface area contributed by atoms with E-state index >= 15 is 0 Å². The number of hydrogen-bond acceptors (Lipinski definition) is 6. The summed E-state index contributed by atoms with van der Waals surface area (Å²) in [6.07, 6.45) is 0. The van der Waals surface area contributed by atoms with E-state index in [0.29, 0.717) is 11.4 Å². The summed E-state index contributed by atoms with van der Waals surface area (Å²) in [5.41, 5.74) is 1.09. The van der Waals surface area contributed by atoms with Crippen molar-refractivity contribution >= 4 is 43.5 Å². The van der Waals surface area contributed by atoms with E-state index in [1.165, 1.54) is 37.3 Å². The van der Waals surface area contributed by atoms with Gasteiger partial charge in [-0.2, -0.15) is 0 Å². The van der Waals surface area contributed by atoms with E-state index < -0.39 is 28.5 Å². The minimum Gasteiger partial charge on any atom is -0.493 e. The summed E-state index contributed by atoms with van der Waals surface area (Å²) in [5.74, 6) is -0.273. The van der Waals surface area contributed by atoms with Crippen molar-refractivity contribution in [3.05, 3.63) is 82.8 Å². The first-order valence-corrected chi connectivity index (χ1v) is 14.8. The molecule has 2 amide bonds. The third kappa shape index (κ3) is 7.54. The van der Waals surface area contributed by atoms with Gasteiger partial charge in [-0.3, -0.25) is 13.9 Å². The third-order valence-corrected chi connectivity index (χ3v) is 8.43. The number of nitrogens with one attached hydrogen (secondary N) is 1. The number of benzene rings is 3. The van der Waals surface area contributed by atoms with Crippen LogP contribution in [0.4, 0.5) is 5.69 Å². The molecule has 0 saturated heterocycles. The van der Waals surface area contributed by atoms with Crippen LogP contribution in [0.5, 0.6) is 11.5 Å². The van der Waals surface area contributed by atoms with Gasteiger partial charge in [0.2, 0.25) is 11.8 Å². The summed E-state index contributed by atoms with van der Waals surface area (Å²) in [6, 6.07) is 19.0. The topological polar surface area (TPSA) is 105 Å². The highest BCUT2D eigenvalue weighted by Gasteiger charge is 2.33. The molecule has 3 aromatic carbocycles. The molecular formula is C29H34BrN3O6S. The molecule has 0 bridgehead atoms. The Morgan fingerprint density at radius 3 is 2.10 bits per heavy atom. The molecule has 0 aliphatic heterocycles. The second-order valence-electron chi connectivity index (χ2n) is 9.35. The molecule has 0 heterocycles. The van der Waals surface area contributed by atoms with Crippen LogP contribution in [0.15, 0.2) is 82.2 Å². The predicted octanol–water partition coefficient (Wildman–Crippen LogP) is 4.60. The first kappa shape index (κ1) is 31.0. The molecule has 214 valence electrons. The first-order chi connectivity index (χ1) is 19.0. The Labute approximate surface area is 244 Å². The molecular weight excluding hydrogens is 598 g/mol. The van der Waals surface area contributed by atoms with Gasteiger partial charge in [0.25, 0.3) is 10.0 Å². The lowest BCUT2D eigenvalue weighted by Crippen LogP contribution is -2.52. The number of hydrogen-bond donors (Lipinski definition) is 1. The fourth-order valence-corrected chi connectivity index (χ4v) is 5.70. The number of carbonyl (C=O) groups excluding carboxylic acids is 2. The maximum atomic E-state index is 14.0. The lowest BCUT2D eigenvalue weighted by atomic mass is 10.1. The molecule has 11 heteroatoms. The number of nitrogens with zero attached hydrogens (tertiary/aromatic N) is 2. The van der Waals surface area contributed by atoms with Gasteiger partial charge in [-0.05, 0) is 62.7 Å². The average molecular weight is 633 g/mol. The van der Waals surface area contributed by atoms with Gasteiger partial charge >= 0.3 is 0 Å². The van der Waals surface area contributed by atoms with Gasteiger partial charge in [0, 0.05) is 23.1 Å². The SMILES string of the molecule is COc1ccc(S(=O)(=O)N(CC(=O)N(Cc2ccc(Br)cc2)[C@@H](C)C(=O)NC(C)C)c2ccccc2)cc1OC. The van der Waals surface area contributed by atoms with Crippen molar-refractivity contribution in [1.82, 2.24) is 10.2 Å². The monoisotopic (exact) mass is 631 g/mol. The highest BCUT2D eigenvalue weighted by Crippen LogP contribution is 2.32.